The highest BCUT2D eigenvalue weighted by molar-refractivity contribution is 5.03. The number of likely N-dealkylation sites (tertiary alicyclic amines) is 1. The van der Waals surface area contributed by atoms with Gasteiger partial charge in [-0.1, -0.05) is 6.42 Å². The summed E-state index contributed by atoms with van der Waals surface area (Å²) in [5.41, 5.74) is -0.356. The van der Waals surface area contributed by atoms with Crippen LogP contribution in [0.5, 0.6) is 0 Å². The van der Waals surface area contributed by atoms with Crippen LogP contribution in [-0.4, -0.2) is 36.6 Å². The van der Waals surface area contributed by atoms with Crippen LogP contribution >= 0.6 is 0 Å². The van der Waals surface area contributed by atoms with Gasteiger partial charge in [-0.05, 0) is 58.5 Å². The molecule has 2 aliphatic rings. The molecular formula is C14H25N3. The highest BCUT2D eigenvalue weighted by Gasteiger charge is 2.35. The van der Waals surface area contributed by atoms with Crippen molar-refractivity contribution in [3.05, 3.63) is 0 Å². The summed E-state index contributed by atoms with van der Waals surface area (Å²) in [6, 6.07) is 3.21. The first kappa shape index (κ1) is 12.9. The van der Waals surface area contributed by atoms with Crippen molar-refractivity contribution in [2.75, 3.05) is 20.1 Å². The van der Waals surface area contributed by atoms with Crippen LogP contribution < -0.4 is 5.32 Å². The second-order valence-corrected chi connectivity index (χ2v) is 5.88. The molecular weight excluding hydrogens is 210 g/mol. The highest BCUT2D eigenvalue weighted by Crippen LogP contribution is 2.36. The number of hydrogen-bond acceptors (Lipinski definition) is 3. The SMILES string of the molecule is CNC(C)(C#N)CCN1CCCC2CCCC21. The molecule has 1 heterocycles. The van der Waals surface area contributed by atoms with Gasteiger partial charge in [-0.2, -0.15) is 5.26 Å². The molecule has 3 heteroatoms. The van der Waals surface area contributed by atoms with Crippen molar-refractivity contribution in [2.45, 2.75) is 57.0 Å². The number of rotatable bonds is 4. The van der Waals surface area contributed by atoms with E-state index in [9.17, 15) is 5.26 Å². The van der Waals surface area contributed by atoms with Crippen molar-refractivity contribution in [1.82, 2.24) is 10.2 Å². The van der Waals surface area contributed by atoms with E-state index in [0.717, 1.165) is 24.9 Å². The smallest absolute Gasteiger partial charge is 0.104 e. The summed E-state index contributed by atoms with van der Waals surface area (Å²) in [6.07, 6.45) is 7.94. The van der Waals surface area contributed by atoms with Crippen LogP contribution in [0.2, 0.25) is 0 Å². The summed E-state index contributed by atoms with van der Waals surface area (Å²) in [5.74, 6) is 0.951. The maximum Gasteiger partial charge on any atom is 0.104 e. The van der Waals surface area contributed by atoms with Crippen molar-refractivity contribution in [2.24, 2.45) is 5.92 Å². The monoisotopic (exact) mass is 235 g/mol. The minimum absolute atomic E-state index is 0.356. The lowest BCUT2D eigenvalue weighted by Crippen LogP contribution is -2.47. The largest absolute Gasteiger partial charge is 0.303 e. The van der Waals surface area contributed by atoms with Crippen molar-refractivity contribution in [3.8, 4) is 6.07 Å². The van der Waals surface area contributed by atoms with Gasteiger partial charge in [-0.3, -0.25) is 0 Å². The molecule has 0 radical (unpaired) electrons. The van der Waals surface area contributed by atoms with Gasteiger partial charge >= 0.3 is 0 Å². The zero-order chi connectivity index (χ0) is 12.3. The molecule has 0 bridgehead atoms. The average molecular weight is 235 g/mol. The molecule has 2 fully saturated rings. The van der Waals surface area contributed by atoms with Gasteiger partial charge in [0.25, 0.3) is 0 Å². The summed E-state index contributed by atoms with van der Waals surface area (Å²) >= 11 is 0. The maximum absolute atomic E-state index is 9.17. The average Bonchev–Trinajstić information content (AvgIpc) is 2.84. The first-order valence-corrected chi connectivity index (χ1v) is 7.03. The van der Waals surface area contributed by atoms with Crippen molar-refractivity contribution in [1.29, 1.82) is 5.26 Å². The van der Waals surface area contributed by atoms with E-state index in [1.54, 1.807) is 0 Å². The van der Waals surface area contributed by atoms with Crippen LogP contribution in [0.25, 0.3) is 0 Å². The Morgan fingerprint density at radius 2 is 2.12 bits per heavy atom. The lowest BCUT2D eigenvalue weighted by molar-refractivity contribution is 0.105. The Balaban J connectivity index is 1.88. The Morgan fingerprint density at radius 3 is 2.82 bits per heavy atom. The first-order chi connectivity index (χ1) is 8.18. The molecule has 3 unspecified atom stereocenters. The van der Waals surface area contributed by atoms with Crippen LogP contribution in [0.1, 0.15) is 45.4 Å². The normalized spacial score (nSPS) is 32.8. The Hall–Kier alpha value is -0.590. The summed E-state index contributed by atoms with van der Waals surface area (Å²) in [6.45, 7) is 4.32. The number of piperidine rings is 1. The van der Waals surface area contributed by atoms with Crippen molar-refractivity contribution >= 4 is 0 Å². The predicted octanol–water partition coefficient (Wildman–Crippen LogP) is 2.14. The first-order valence-electron chi connectivity index (χ1n) is 7.03. The minimum Gasteiger partial charge on any atom is -0.303 e. The molecule has 0 aromatic rings. The molecule has 3 nitrogen and oxygen atoms in total. The zero-order valence-electron chi connectivity index (χ0n) is 11.2. The number of nitrogens with zero attached hydrogens (tertiary/aromatic N) is 2. The third-order valence-electron chi connectivity index (χ3n) is 4.81. The van der Waals surface area contributed by atoms with E-state index < -0.39 is 0 Å². The summed E-state index contributed by atoms with van der Waals surface area (Å²) in [4.78, 5) is 2.65. The molecule has 17 heavy (non-hydrogen) atoms. The van der Waals surface area contributed by atoms with Gasteiger partial charge in [-0.25, -0.2) is 0 Å². The number of nitrogens with one attached hydrogen (secondary N) is 1. The third kappa shape index (κ3) is 2.81. The second-order valence-electron chi connectivity index (χ2n) is 5.88. The quantitative estimate of drug-likeness (QED) is 0.811. The van der Waals surface area contributed by atoms with Gasteiger partial charge < -0.3 is 10.2 Å². The van der Waals surface area contributed by atoms with Gasteiger partial charge in [0, 0.05) is 12.6 Å². The van der Waals surface area contributed by atoms with Crippen LogP contribution in [0.4, 0.5) is 0 Å². The highest BCUT2D eigenvalue weighted by atomic mass is 15.2. The maximum atomic E-state index is 9.17. The van der Waals surface area contributed by atoms with E-state index in [4.69, 9.17) is 0 Å². The van der Waals surface area contributed by atoms with Gasteiger partial charge in [0.2, 0.25) is 0 Å². The van der Waals surface area contributed by atoms with Crippen LogP contribution in [0.3, 0.4) is 0 Å². The summed E-state index contributed by atoms with van der Waals surface area (Å²) < 4.78 is 0. The zero-order valence-corrected chi connectivity index (χ0v) is 11.2. The van der Waals surface area contributed by atoms with E-state index >= 15 is 0 Å². The standard InChI is InChI=1S/C14H25N3/c1-14(11-15,16-2)8-10-17-9-4-6-12-5-3-7-13(12)17/h12-13,16H,3-10H2,1-2H3. The molecule has 0 spiro atoms. The number of nitriles is 1. The van der Waals surface area contributed by atoms with E-state index in [1.165, 1.54) is 38.6 Å². The van der Waals surface area contributed by atoms with Crippen molar-refractivity contribution < 1.29 is 0 Å². The number of hydrogen-bond donors (Lipinski definition) is 1. The molecule has 1 saturated heterocycles. The Kier molecular flexibility index (Phi) is 4.06. The lowest BCUT2D eigenvalue weighted by atomic mass is 9.90. The van der Waals surface area contributed by atoms with E-state index in [0.29, 0.717) is 0 Å². The lowest BCUT2D eigenvalue weighted by Gasteiger charge is -2.39. The third-order valence-corrected chi connectivity index (χ3v) is 4.81. The molecule has 0 aromatic carbocycles. The van der Waals surface area contributed by atoms with E-state index in [-0.39, 0.29) is 5.54 Å². The fraction of sp³-hybridized carbons (Fsp3) is 0.929. The Bertz CT molecular complexity index is 296. The van der Waals surface area contributed by atoms with Crippen molar-refractivity contribution in [3.63, 3.8) is 0 Å². The topological polar surface area (TPSA) is 39.1 Å². The summed E-state index contributed by atoms with van der Waals surface area (Å²) in [7, 11) is 1.89. The second kappa shape index (κ2) is 5.37. The van der Waals surface area contributed by atoms with Crippen LogP contribution in [-0.2, 0) is 0 Å². The molecule has 96 valence electrons. The van der Waals surface area contributed by atoms with Gasteiger partial charge in [0.1, 0.15) is 5.54 Å². The molecule has 1 aliphatic carbocycles. The van der Waals surface area contributed by atoms with Gasteiger partial charge in [0.15, 0.2) is 0 Å². The molecule has 3 atom stereocenters. The molecule has 1 saturated carbocycles. The Labute approximate surface area is 105 Å². The van der Waals surface area contributed by atoms with Gasteiger partial charge in [-0.15, -0.1) is 0 Å². The fourth-order valence-corrected chi connectivity index (χ4v) is 3.44. The van der Waals surface area contributed by atoms with Crippen LogP contribution in [0.15, 0.2) is 0 Å². The molecule has 0 amide bonds. The van der Waals surface area contributed by atoms with E-state index in [1.807, 2.05) is 14.0 Å². The molecule has 1 N–H and O–H groups in total. The van der Waals surface area contributed by atoms with Crippen LogP contribution in [0, 0.1) is 17.2 Å². The Morgan fingerprint density at radius 1 is 1.35 bits per heavy atom. The predicted molar refractivity (Wildman–Crippen MR) is 69.6 cm³/mol. The summed E-state index contributed by atoms with van der Waals surface area (Å²) in [5, 5.41) is 12.3. The minimum atomic E-state index is -0.356. The fourth-order valence-electron chi connectivity index (χ4n) is 3.44. The van der Waals surface area contributed by atoms with E-state index in [2.05, 4.69) is 16.3 Å². The molecule has 1 aliphatic heterocycles. The molecule has 2 rings (SSSR count). The molecule has 0 aromatic heterocycles. The number of fused-ring (bicyclic) bond motifs is 1. The van der Waals surface area contributed by atoms with Gasteiger partial charge in [0.05, 0.1) is 6.07 Å².